The Kier molecular flexibility index (Phi) is 71.1. The summed E-state index contributed by atoms with van der Waals surface area (Å²) in [7, 11) is 0. The molecule has 6 rings (SSSR count). The van der Waals surface area contributed by atoms with Crippen molar-refractivity contribution in [2.24, 2.45) is 0 Å². The van der Waals surface area contributed by atoms with Gasteiger partial charge in [-0.2, -0.15) is 0 Å². The lowest BCUT2D eigenvalue weighted by atomic mass is 9.95. The van der Waals surface area contributed by atoms with Gasteiger partial charge in [-0.05, 0) is 178 Å². The molecule has 4 bridgehead atoms. The molecular weight excluding hydrogens is 1630 g/mol. The first-order valence-electron chi connectivity index (χ1n) is 51.0. The standard InChI is InChI=1S/C104H168N4O20/c1-5-9-13-17-21-41-49-57-81-121-101(117)89-73-77-97(113)125-85-65-67-86(68-66-85)126-98(114)78-74-90(102(118)122-82-58-50-42-22-18-14-10-6-2)106-94(110)63-55-47-39-35-31-27-28-32-36-40-48-56-64-96(112)108-92(104(120)124-84-60-52-44-24-20-16-12-8-4)76-80-100(116)128-88-71-69-87(70-72-88)127-99(115)79-75-91(103(119)123-83-59-51-43-23-19-15-11-7-3)107-95(111)62-54-46-38-34-30-26-25-29-33-37-45-53-61-93(109)105-89/h85-92H,5-24,33-84H2,1-4H3,(H,105,109)(H,106,110)(H,107,111)(H,108,112)/t85?,86?,87?,88?,89-,90-,91-,92-/m0/s1. The van der Waals surface area contributed by atoms with Crippen LogP contribution in [-0.2, 0) is 95.4 Å². The lowest BCUT2D eigenvalue weighted by Gasteiger charge is -2.28. The van der Waals surface area contributed by atoms with Gasteiger partial charge in [-0.3, -0.25) is 38.4 Å². The van der Waals surface area contributed by atoms with Crippen molar-refractivity contribution in [2.75, 3.05) is 26.4 Å². The third kappa shape index (κ3) is 64.6. The predicted molar refractivity (Wildman–Crippen MR) is 499 cm³/mol. The first kappa shape index (κ1) is 114. The number of unbranched alkanes of at least 4 members (excludes halogenated alkanes) is 28. The lowest BCUT2D eigenvalue weighted by Crippen LogP contribution is -2.42. The second-order valence-electron chi connectivity index (χ2n) is 35.4. The number of ether oxygens (including phenoxy) is 8. The van der Waals surface area contributed by atoms with E-state index in [0.717, 1.165) is 103 Å². The number of esters is 8. The molecule has 2 saturated carbocycles. The van der Waals surface area contributed by atoms with Crippen LogP contribution in [0.25, 0.3) is 0 Å². The van der Waals surface area contributed by atoms with E-state index in [4.69, 9.17) is 37.9 Å². The van der Waals surface area contributed by atoms with Gasteiger partial charge in [0, 0.05) is 77.0 Å². The van der Waals surface area contributed by atoms with E-state index in [2.05, 4.69) is 96.3 Å². The number of nitrogens with one attached hydrogen (secondary N) is 4. The molecule has 2 fully saturated rings. The Morgan fingerprint density at radius 1 is 0.242 bits per heavy atom. The molecule has 4 heterocycles. The quantitative estimate of drug-likeness (QED) is 0.0192. The van der Waals surface area contributed by atoms with Gasteiger partial charge in [0.2, 0.25) is 23.6 Å². The predicted octanol–water partition coefficient (Wildman–Crippen LogP) is 20.4. The Morgan fingerprint density at radius 3 is 0.609 bits per heavy atom. The van der Waals surface area contributed by atoms with E-state index in [0.29, 0.717) is 154 Å². The highest BCUT2D eigenvalue weighted by atomic mass is 16.6. The fourth-order valence-corrected chi connectivity index (χ4v) is 15.8. The van der Waals surface area contributed by atoms with Crippen molar-refractivity contribution in [3.05, 3.63) is 0 Å². The molecule has 2 aliphatic carbocycles. The highest BCUT2D eigenvalue weighted by molar-refractivity contribution is 5.87. The zero-order valence-corrected chi connectivity index (χ0v) is 79.7. The molecule has 0 aromatic carbocycles. The highest BCUT2D eigenvalue weighted by Crippen LogP contribution is 2.28. The van der Waals surface area contributed by atoms with Crippen molar-refractivity contribution in [2.45, 2.75) is 513 Å². The van der Waals surface area contributed by atoms with Crippen LogP contribution in [0, 0.1) is 47.4 Å². The third-order valence-corrected chi connectivity index (χ3v) is 23.7. The molecule has 4 aliphatic heterocycles. The van der Waals surface area contributed by atoms with Gasteiger partial charge in [0.1, 0.15) is 48.6 Å². The van der Waals surface area contributed by atoms with E-state index in [-0.39, 0.29) is 127 Å². The van der Waals surface area contributed by atoms with Gasteiger partial charge in [0.15, 0.2) is 0 Å². The summed E-state index contributed by atoms with van der Waals surface area (Å²) in [4.78, 5) is 161. The van der Waals surface area contributed by atoms with Crippen LogP contribution >= 0.6 is 0 Å². The summed E-state index contributed by atoms with van der Waals surface area (Å²) in [5.41, 5.74) is 0. The minimum atomic E-state index is -1.04. The third-order valence-electron chi connectivity index (χ3n) is 23.7. The Bertz CT molecular complexity index is 2900. The van der Waals surface area contributed by atoms with E-state index in [1.807, 2.05) is 0 Å². The van der Waals surface area contributed by atoms with Crippen LogP contribution in [0.5, 0.6) is 0 Å². The second-order valence-corrected chi connectivity index (χ2v) is 35.4. The number of amides is 4. The van der Waals surface area contributed by atoms with Crippen LogP contribution in [0.4, 0.5) is 0 Å². The summed E-state index contributed by atoms with van der Waals surface area (Å²) in [6, 6.07) is -4.17. The topological polar surface area (TPSA) is 327 Å². The summed E-state index contributed by atoms with van der Waals surface area (Å²) in [5, 5.41) is 11.3. The molecule has 0 saturated heterocycles. The van der Waals surface area contributed by atoms with Crippen molar-refractivity contribution >= 4 is 71.4 Å². The molecule has 0 spiro atoms. The first-order chi connectivity index (χ1) is 62.4. The average Bonchev–Trinajstić information content (AvgIpc) is 0.890. The van der Waals surface area contributed by atoms with Gasteiger partial charge >= 0.3 is 47.8 Å². The smallest absolute Gasteiger partial charge is 0.328 e. The maximum Gasteiger partial charge on any atom is 0.328 e. The van der Waals surface area contributed by atoms with Gasteiger partial charge in [-0.1, -0.05) is 257 Å². The molecule has 724 valence electrons. The van der Waals surface area contributed by atoms with E-state index >= 15 is 0 Å². The lowest BCUT2D eigenvalue weighted by molar-refractivity contribution is -0.159. The fraction of sp³-hybridized carbons (Fsp3) is 0.808. The van der Waals surface area contributed by atoms with E-state index < -0.39 is 96.3 Å². The van der Waals surface area contributed by atoms with Gasteiger partial charge < -0.3 is 59.2 Å². The Hall–Kier alpha value is -8.12. The average molecular weight is 1790 g/mol. The molecular formula is C104H168N4O20. The number of rotatable bonds is 40. The summed E-state index contributed by atoms with van der Waals surface area (Å²) in [6.45, 7) is 9.59. The van der Waals surface area contributed by atoms with Gasteiger partial charge in [0.05, 0.1) is 26.4 Å². The Morgan fingerprint density at radius 2 is 0.422 bits per heavy atom. The minimum absolute atomic E-state index is 0.00451. The number of hydrogen-bond acceptors (Lipinski definition) is 20. The molecule has 4 amide bonds. The van der Waals surface area contributed by atoms with Crippen molar-refractivity contribution in [3.8, 4) is 47.4 Å². The van der Waals surface area contributed by atoms with Crippen LogP contribution in [-0.4, -0.2) is 146 Å². The largest absolute Gasteiger partial charge is 0.464 e. The van der Waals surface area contributed by atoms with Crippen molar-refractivity contribution in [1.29, 1.82) is 0 Å². The van der Waals surface area contributed by atoms with E-state index in [9.17, 15) is 57.5 Å². The summed E-state index contributed by atoms with van der Waals surface area (Å²) < 4.78 is 46.2. The van der Waals surface area contributed by atoms with Crippen LogP contribution in [0.2, 0.25) is 0 Å². The van der Waals surface area contributed by atoms with Gasteiger partial charge in [-0.25, -0.2) is 19.2 Å². The number of carbonyl (C=O) groups excluding carboxylic acids is 12. The van der Waals surface area contributed by atoms with Crippen LogP contribution in [0.3, 0.4) is 0 Å². The Labute approximate surface area is 770 Å². The van der Waals surface area contributed by atoms with E-state index in [1.165, 1.54) is 103 Å². The molecule has 4 atom stereocenters. The number of carbonyl (C=O) groups is 12. The molecule has 0 unspecified atom stereocenters. The minimum Gasteiger partial charge on any atom is -0.464 e. The van der Waals surface area contributed by atoms with Crippen LogP contribution < -0.4 is 21.3 Å². The van der Waals surface area contributed by atoms with Gasteiger partial charge in [-0.15, -0.1) is 0 Å². The van der Waals surface area contributed by atoms with Crippen molar-refractivity contribution in [3.63, 3.8) is 0 Å². The van der Waals surface area contributed by atoms with Crippen LogP contribution in [0.1, 0.15) is 464 Å². The summed E-state index contributed by atoms with van der Waals surface area (Å²) >= 11 is 0. The monoisotopic (exact) mass is 1790 g/mol. The zero-order valence-electron chi connectivity index (χ0n) is 79.7. The molecule has 128 heavy (non-hydrogen) atoms. The zero-order chi connectivity index (χ0) is 92.6. The molecule has 24 nitrogen and oxygen atoms in total. The molecule has 24 heteroatoms. The van der Waals surface area contributed by atoms with Crippen molar-refractivity contribution in [1.82, 2.24) is 21.3 Å². The summed E-state index contributed by atoms with van der Waals surface area (Å²) in [5.74, 6) is 18.2. The number of hydrogen-bond donors (Lipinski definition) is 4. The van der Waals surface area contributed by atoms with Crippen LogP contribution in [0.15, 0.2) is 0 Å². The SMILES string of the molecule is CCCCCCCCCCOC(=O)[C@@H]1CCC(=O)OC2CCC(CC2)OC(=O)CC[C@@H](C(=O)OCCCCCCCCCC)NC(=O)CCCCCC#CC#CCCCCCC(=O)N[C@H](C(=O)OCCCCCCCCCC)CCC(=O)OC2CCC(CC2)OC(=O)CC[C@@H](C(=O)OCCCCCCCCCC)NC(=O)CCCCCC#CC#CCCCCCC(=O)N1. The molecule has 4 N–H and O–H groups in total. The molecule has 0 radical (unpaired) electrons. The molecule has 6 aliphatic rings. The second kappa shape index (κ2) is 79.8. The fourth-order valence-electron chi connectivity index (χ4n) is 15.8. The van der Waals surface area contributed by atoms with Gasteiger partial charge in [0.25, 0.3) is 0 Å². The maximum atomic E-state index is 13.5. The Balaban J connectivity index is 1.70. The maximum absolute atomic E-state index is 13.5. The van der Waals surface area contributed by atoms with E-state index in [1.54, 1.807) is 0 Å². The van der Waals surface area contributed by atoms with Crippen molar-refractivity contribution < 1.29 is 95.4 Å². The summed E-state index contributed by atoms with van der Waals surface area (Å²) in [6.07, 6.45) is 46.5. The highest BCUT2D eigenvalue weighted by Gasteiger charge is 2.33. The molecule has 0 aromatic rings. The molecule has 0 aromatic heterocycles. The normalized spacial score (nSPS) is 21.7. The first-order valence-corrected chi connectivity index (χ1v) is 51.0.